The third kappa shape index (κ3) is 3.92. The average Bonchev–Trinajstić information content (AvgIpc) is 2.57. The molecule has 0 spiro atoms. The van der Waals surface area contributed by atoms with Crippen LogP contribution in [0.4, 0.5) is 9.59 Å². The number of carbonyl (C=O) groups excluding carboxylic acids is 3. The Balaban J connectivity index is 2.32. The van der Waals surface area contributed by atoms with Gasteiger partial charge >= 0.3 is 12.2 Å². The van der Waals surface area contributed by atoms with Crippen LogP contribution in [-0.2, 0) is 20.7 Å². The Hall–Kier alpha value is -2.83. The Kier molecular flexibility index (Phi) is 5.95. The molecule has 0 aromatic heterocycles. The largest absolute Gasteiger partial charge is 0.448 e. The third-order valence-electron chi connectivity index (χ3n) is 3.38. The van der Waals surface area contributed by atoms with Crippen molar-refractivity contribution in [3.8, 4) is 0 Å². The van der Waals surface area contributed by atoms with Crippen molar-refractivity contribution in [3.63, 3.8) is 0 Å². The number of benzene rings is 1. The number of nitrogens with zero attached hydrogens (tertiary/aromatic N) is 2. The molecule has 7 nitrogen and oxygen atoms in total. The fourth-order valence-corrected chi connectivity index (χ4v) is 2.38. The zero-order chi connectivity index (χ0) is 17.5. The second kappa shape index (κ2) is 8.14. The number of ether oxygens (including phenoxy) is 2. The van der Waals surface area contributed by atoms with E-state index in [4.69, 9.17) is 9.47 Å². The molecule has 0 N–H and O–H groups in total. The molecule has 24 heavy (non-hydrogen) atoms. The SMILES string of the molecule is CCOC(=O)N1C(=O)C=C[C@H](Cc2ccccc2)N1C(=O)OCC. The van der Waals surface area contributed by atoms with Crippen molar-refractivity contribution in [1.82, 2.24) is 10.0 Å². The zero-order valence-electron chi connectivity index (χ0n) is 13.7. The van der Waals surface area contributed by atoms with Gasteiger partial charge in [0.15, 0.2) is 0 Å². The van der Waals surface area contributed by atoms with Gasteiger partial charge in [-0.25, -0.2) is 9.59 Å². The third-order valence-corrected chi connectivity index (χ3v) is 3.38. The molecule has 0 aliphatic carbocycles. The van der Waals surface area contributed by atoms with E-state index in [1.54, 1.807) is 19.9 Å². The summed E-state index contributed by atoms with van der Waals surface area (Å²) in [6, 6.07) is 8.92. The quantitative estimate of drug-likeness (QED) is 0.847. The van der Waals surface area contributed by atoms with Gasteiger partial charge in [-0.2, -0.15) is 5.01 Å². The van der Waals surface area contributed by atoms with E-state index in [9.17, 15) is 14.4 Å². The molecule has 3 amide bonds. The van der Waals surface area contributed by atoms with E-state index in [0.717, 1.165) is 10.6 Å². The van der Waals surface area contributed by atoms with E-state index in [-0.39, 0.29) is 13.2 Å². The molecule has 0 radical (unpaired) electrons. The van der Waals surface area contributed by atoms with Gasteiger partial charge in [-0.05, 0) is 25.8 Å². The molecule has 2 rings (SSSR count). The Morgan fingerprint density at radius 2 is 1.67 bits per heavy atom. The molecule has 0 unspecified atom stereocenters. The second-order valence-corrected chi connectivity index (χ2v) is 5.01. The Morgan fingerprint density at radius 3 is 2.29 bits per heavy atom. The summed E-state index contributed by atoms with van der Waals surface area (Å²) in [6.07, 6.45) is 1.60. The molecule has 1 aromatic carbocycles. The molecule has 1 aromatic rings. The van der Waals surface area contributed by atoms with E-state index in [0.29, 0.717) is 11.4 Å². The Bertz CT molecular complexity index is 629. The summed E-state index contributed by atoms with van der Waals surface area (Å²) in [5.41, 5.74) is 0.958. The van der Waals surface area contributed by atoms with Crippen LogP contribution < -0.4 is 0 Å². The van der Waals surface area contributed by atoms with E-state index < -0.39 is 24.1 Å². The Labute approximate surface area is 140 Å². The van der Waals surface area contributed by atoms with Crippen LogP contribution in [-0.4, -0.2) is 47.4 Å². The molecule has 1 atom stereocenters. The number of hydrogen-bond donors (Lipinski definition) is 0. The van der Waals surface area contributed by atoms with E-state index >= 15 is 0 Å². The molecule has 0 saturated heterocycles. The first kappa shape index (κ1) is 17.5. The predicted molar refractivity (Wildman–Crippen MR) is 85.8 cm³/mol. The summed E-state index contributed by atoms with van der Waals surface area (Å²) in [5, 5.41) is 1.70. The minimum absolute atomic E-state index is 0.0896. The average molecular weight is 332 g/mol. The highest BCUT2D eigenvalue weighted by Gasteiger charge is 2.40. The molecule has 1 aliphatic heterocycles. The summed E-state index contributed by atoms with van der Waals surface area (Å²) >= 11 is 0. The normalized spacial score (nSPS) is 16.9. The van der Waals surface area contributed by atoms with Crippen molar-refractivity contribution < 1.29 is 23.9 Å². The van der Waals surface area contributed by atoms with Crippen LogP contribution in [0, 0.1) is 0 Å². The van der Waals surface area contributed by atoms with E-state index in [1.807, 2.05) is 30.3 Å². The van der Waals surface area contributed by atoms with Crippen LogP contribution in [0.3, 0.4) is 0 Å². The minimum atomic E-state index is -0.905. The number of hydrogen-bond acceptors (Lipinski definition) is 5. The number of amides is 3. The van der Waals surface area contributed by atoms with Crippen LogP contribution in [0.5, 0.6) is 0 Å². The molecule has 1 heterocycles. The van der Waals surface area contributed by atoms with Crippen LogP contribution in [0.25, 0.3) is 0 Å². The van der Waals surface area contributed by atoms with Crippen molar-refractivity contribution in [1.29, 1.82) is 0 Å². The van der Waals surface area contributed by atoms with Crippen molar-refractivity contribution in [3.05, 3.63) is 48.0 Å². The molecule has 1 aliphatic rings. The van der Waals surface area contributed by atoms with Crippen LogP contribution in [0.1, 0.15) is 19.4 Å². The molecular formula is C17H20N2O5. The van der Waals surface area contributed by atoms with Crippen molar-refractivity contribution in [2.75, 3.05) is 13.2 Å². The van der Waals surface area contributed by atoms with Crippen molar-refractivity contribution in [2.24, 2.45) is 0 Å². The first-order valence-electron chi connectivity index (χ1n) is 7.77. The van der Waals surface area contributed by atoms with E-state index in [2.05, 4.69) is 0 Å². The van der Waals surface area contributed by atoms with Crippen molar-refractivity contribution >= 4 is 18.1 Å². The molecule has 128 valence electrons. The smallest absolute Gasteiger partial charge is 0.436 e. The summed E-state index contributed by atoms with van der Waals surface area (Å²) in [5.74, 6) is -0.647. The number of carbonyl (C=O) groups is 3. The van der Waals surface area contributed by atoms with Crippen LogP contribution >= 0.6 is 0 Å². The monoisotopic (exact) mass is 332 g/mol. The van der Waals surface area contributed by atoms with Crippen molar-refractivity contribution in [2.45, 2.75) is 26.3 Å². The molecule has 7 heteroatoms. The minimum Gasteiger partial charge on any atom is -0.448 e. The topological polar surface area (TPSA) is 76.2 Å². The van der Waals surface area contributed by atoms with Crippen LogP contribution in [0.15, 0.2) is 42.5 Å². The van der Waals surface area contributed by atoms with Gasteiger partial charge in [0.05, 0.1) is 19.3 Å². The maximum atomic E-state index is 12.3. The molecular weight excluding hydrogens is 312 g/mol. The van der Waals surface area contributed by atoms with Gasteiger partial charge < -0.3 is 9.47 Å². The summed E-state index contributed by atoms with van der Waals surface area (Å²) in [4.78, 5) is 36.6. The summed E-state index contributed by atoms with van der Waals surface area (Å²) < 4.78 is 9.90. The first-order valence-corrected chi connectivity index (χ1v) is 7.77. The Morgan fingerprint density at radius 1 is 1.04 bits per heavy atom. The van der Waals surface area contributed by atoms with Gasteiger partial charge in [0, 0.05) is 6.08 Å². The number of hydrazine groups is 1. The number of rotatable bonds is 4. The second-order valence-electron chi connectivity index (χ2n) is 5.01. The lowest BCUT2D eigenvalue weighted by Crippen LogP contribution is -2.59. The zero-order valence-corrected chi connectivity index (χ0v) is 13.7. The lowest BCUT2D eigenvalue weighted by atomic mass is 10.0. The highest BCUT2D eigenvalue weighted by Crippen LogP contribution is 2.20. The highest BCUT2D eigenvalue weighted by atomic mass is 16.6. The van der Waals surface area contributed by atoms with E-state index in [1.165, 1.54) is 6.08 Å². The van der Waals surface area contributed by atoms with Gasteiger partial charge in [-0.15, -0.1) is 5.01 Å². The van der Waals surface area contributed by atoms with Gasteiger partial charge in [0.25, 0.3) is 5.91 Å². The lowest BCUT2D eigenvalue weighted by molar-refractivity contribution is -0.140. The first-order chi connectivity index (χ1) is 11.6. The summed E-state index contributed by atoms with van der Waals surface area (Å²) in [6.45, 7) is 3.49. The molecule has 0 fully saturated rings. The lowest BCUT2D eigenvalue weighted by Gasteiger charge is -2.37. The molecule has 0 saturated carbocycles. The van der Waals surface area contributed by atoms with Gasteiger partial charge in [0.1, 0.15) is 0 Å². The van der Waals surface area contributed by atoms with Gasteiger partial charge in [-0.1, -0.05) is 36.4 Å². The van der Waals surface area contributed by atoms with Crippen LogP contribution in [0.2, 0.25) is 0 Å². The maximum absolute atomic E-state index is 12.3. The van der Waals surface area contributed by atoms with Gasteiger partial charge in [-0.3, -0.25) is 4.79 Å². The maximum Gasteiger partial charge on any atom is 0.436 e. The fourth-order valence-electron chi connectivity index (χ4n) is 2.38. The van der Waals surface area contributed by atoms with Gasteiger partial charge in [0.2, 0.25) is 0 Å². The number of imide groups is 1. The standard InChI is InChI=1S/C17H20N2O5/c1-3-23-16(21)18-14(12-13-8-6-5-7-9-13)10-11-15(20)19(18)17(22)24-4-2/h5-11,14H,3-4,12H2,1-2H3/t14-/m1/s1. The summed E-state index contributed by atoms with van der Waals surface area (Å²) in [7, 11) is 0. The predicted octanol–water partition coefficient (Wildman–Crippen LogP) is 2.53. The molecule has 0 bridgehead atoms. The highest BCUT2D eigenvalue weighted by molar-refractivity contribution is 6.00. The fraction of sp³-hybridized carbons (Fsp3) is 0.353.